The topological polar surface area (TPSA) is 59.6 Å². The molecule has 1 aromatic carbocycles. The molecule has 2 aliphatic heterocycles. The maximum Gasteiger partial charge on any atom is 0.352 e. The second kappa shape index (κ2) is 6.15. The average molecular weight is 341 g/mol. The first-order chi connectivity index (χ1) is 12.0. The van der Waals surface area contributed by atoms with Gasteiger partial charge in [0.15, 0.2) is 0 Å². The number of nitrogens with zero attached hydrogens (tertiary/aromatic N) is 2. The number of nitrogens with one attached hydrogen (secondary N) is 1. The molecular formula is C20H27N3O2. The molecule has 134 valence electrons. The van der Waals surface area contributed by atoms with Crippen LogP contribution < -0.4 is 0 Å². The predicted octanol–water partition coefficient (Wildman–Crippen LogP) is 3.09. The van der Waals surface area contributed by atoms with Crippen LogP contribution in [0.2, 0.25) is 0 Å². The van der Waals surface area contributed by atoms with Crippen molar-refractivity contribution in [2.75, 3.05) is 33.2 Å². The predicted molar refractivity (Wildman–Crippen MR) is 99.1 cm³/mol. The Hall–Kier alpha value is -1.85. The highest BCUT2D eigenvalue weighted by molar-refractivity contribution is 5.97. The van der Waals surface area contributed by atoms with Crippen LogP contribution in [0.15, 0.2) is 18.2 Å². The number of benzene rings is 1. The quantitative estimate of drug-likeness (QED) is 0.901. The second-order valence-electron chi connectivity index (χ2n) is 8.10. The van der Waals surface area contributed by atoms with Crippen molar-refractivity contribution in [3.05, 3.63) is 35.0 Å². The van der Waals surface area contributed by atoms with Crippen molar-refractivity contribution < 1.29 is 9.90 Å². The molecule has 0 unspecified atom stereocenters. The van der Waals surface area contributed by atoms with Crippen molar-refractivity contribution in [1.82, 2.24) is 14.8 Å². The Morgan fingerprint density at radius 2 is 1.96 bits per heavy atom. The normalized spacial score (nSPS) is 21.4. The van der Waals surface area contributed by atoms with Crippen molar-refractivity contribution in [3.63, 3.8) is 0 Å². The summed E-state index contributed by atoms with van der Waals surface area (Å²) >= 11 is 0. The number of H-pyrrole nitrogens is 1. The lowest BCUT2D eigenvalue weighted by molar-refractivity contribution is 0.0685. The lowest BCUT2D eigenvalue weighted by Crippen LogP contribution is -2.41. The molecule has 1 aromatic heterocycles. The third-order valence-electron chi connectivity index (χ3n) is 6.20. The van der Waals surface area contributed by atoms with E-state index in [9.17, 15) is 9.90 Å². The molecule has 0 bridgehead atoms. The number of aromatic carboxylic acids is 1. The Bertz CT molecular complexity index is 803. The molecule has 0 radical (unpaired) electrons. The first-order valence-corrected chi connectivity index (χ1v) is 9.21. The SMILES string of the molecule is Cc1ccc2[nH]c(C(=O)O)c(CN3CCC4(CCN(C)C4)CC3)c2c1. The zero-order valence-corrected chi connectivity index (χ0v) is 15.1. The number of piperidine rings is 1. The van der Waals surface area contributed by atoms with Crippen LogP contribution in [0.5, 0.6) is 0 Å². The van der Waals surface area contributed by atoms with E-state index < -0.39 is 5.97 Å². The minimum atomic E-state index is -0.866. The first kappa shape index (κ1) is 16.6. The van der Waals surface area contributed by atoms with Crippen molar-refractivity contribution in [2.45, 2.75) is 32.7 Å². The molecule has 1 spiro atoms. The largest absolute Gasteiger partial charge is 0.477 e. The summed E-state index contributed by atoms with van der Waals surface area (Å²) in [6.07, 6.45) is 3.76. The van der Waals surface area contributed by atoms with Crippen LogP contribution in [-0.2, 0) is 6.54 Å². The van der Waals surface area contributed by atoms with Gasteiger partial charge in [-0.05, 0) is 70.4 Å². The van der Waals surface area contributed by atoms with Crippen LogP contribution in [0, 0.1) is 12.3 Å². The molecule has 25 heavy (non-hydrogen) atoms. The third kappa shape index (κ3) is 3.07. The van der Waals surface area contributed by atoms with Gasteiger partial charge in [0.2, 0.25) is 0 Å². The number of aromatic nitrogens is 1. The van der Waals surface area contributed by atoms with Gasteiger partial charge < -0.3 is 15.0 Å². The van der Waals surface area contributed by atoms with E-state index in [1.807, 2.05) is 12.1 Å². The highest BCUT2D eigenvalue weighted by Gasteiger charge is 2.39. The summed E-state index contributed by atoms with van der Waals surface area (Å²) < 4.78 is 0. The fourth-order valence-corrected chi connectivity index (χ4v) is 4.68. The number of fused-ring (bicyclic) bond motifs is 1. The standard InChI is InChI=1S/C20H27N3O2/c1-14-3-4-17-15(11-14)16(18(21-17)19(24)25)12-23-9-6-20(7-10-23)5-8-22(2)13-20/h3-4,11,21H,5-10,12-13H2,1-2H3,(H,24,25). The van der Waals surface area contributed by atoms with E-state index in [-0.39, 0.29) is 0 Å². The van der Waals surface area contributed by atoms with Crippen LogP contribution >= 0.6 is 0 Å². The van der Waals surface area contributed by atoms with Crippen molar-refractivity contribution >= 4 is 16.9 Å². The van der Waals surface area contributed by atoms with Gasteiger partial charge in [0, 0.05) is 29.6 Å². The molecular weight excluding hydrogens is 314 g/mol. The number of likely N-dealkylation sites (tertiary alicyclic amines) is 2. The molecule has 2 N–H and O–H groups in total. The van der Waals surface area contributed by atoms with Gasteiger partial charge in [-0.3, -0.25) is 4.90 Å². The molecule has 4 rings (SSSR count). The minimum absolute atomic E-state index is 0.349. The number of carboxylic acids is 1. The molecule has 0 amide bonds. The number of hydrogen-bond acceptors (Lipinski definition) is 3. The average Bonchev–Trinajstić information content (AvgIpc) is 3.11. The van der Waals surface area contributed by atoms with Gasteiger partial charge in [0.25, 0.3) is 0 Å². The Labute approximate surface area is 148 Å². The van der Waals surface area contributed by atoms with Gasteiger partial charge in [-0.1, -0.05) is 11.6 Å². The smallest absolute Gasteiger partial charge is 0.352 e. The van der Waals surface area contributed by atoms with Gasteiger partial charge in [0.05, 0.1) is 0 Å². The Morgan fingerprint density at radius 1 is 1.24 bits per heavy atom. The summed E-state index contributed by atoms with van der Waals surface area (Å²) in [5, 5.41) is 10.7. The molecule has 0 atom stereocenters. The summed E-state index contributed by atoms with van der Waals surface area (Å²) in [4.78, 5) is 19.7. The zero-order chi connectivity index (χ0) is 17.6. The Morgan fingerprint density at radius 3 is 2.60 bits per heavy atom. The summed E-state index contributed by atoms with van der Waals surface area (Å²) in [5.41, 5.74) is 3.87. The van der Waals surface area contributed by atoms with Crippen molar-refractivity contribution in [3.8, 4) is 0 Å². The van der Waals surface area contributed by atoms with Gasteiger partial charge in [-0.25, -0.2) is 4.79 Å². The summed E-state index contributed by atoms with van der Waals surface area (Å²) in [6, 6.07) is 6.11. The molecule has 5 nitrogen and oxygen atoms in total. The third-order valence-corrected chi connectivity index (χ3v) is 6.20. The van der Waals surface area contributed by atoms with Gasteiger partial charge in [-0.2, -0.15) is 0 Å². The first-order valence-electron chi connectivity index (χ1n) is 9.21. The molecule has 3 heterocycles. The summed E-state index contributed by atoms with van der Waals surface area (Å²) in [5.74, 6) is -0.866. The number of rotatable bonds is 3. The number of hydrogen-bond donors (Lipinski definition) is 2. The number of carbonyl (C=O) groups is 1. The minimum Gasteiger partial charge on any atom is -0.477 e. The molecule has 0 aliphatic carbocycles. The summed E-state index contributed by atoms with van der Waals surface area (Å²) in [6.45, 7) is 7.32. The van der Waals surface area contributed by atoms with Crippen LogP contribution in [0.25, 0.3) is 10.9 Å². The van der Waals surface area contributed by atoms with Gasteiger partial charge in [-0.15, -0.1) is 0 Å². The van der Waals surface area contributed by atoms with Gasteiger partial charge in [0.1, 0.15) is 5.69 Å². The monoisotopic (exact) mass is 341 g/mol. The molecule has 2 aromatic rings. The number of aryl methyl sites for hydroxylation is 1. The van der Waals surface area contributed by atoms with Crippen molar-refractivity contribution in [2.24, 2.45) is 5.41 Å². The lowest BCUT2D eigenvalue weighted by atomic mass is 9.77. The van der Waals surface area contributed by atoms with E-state index in [0.717, 1.165) is 41.7 Å². The maximum atomic E-state index is 11.7. The van der Waals surface area contributed by atoms with Crippen LogP contribution in [0.1, 0.15) is 40.9 Å². The van der Waals surface area contributed by atoms with E-state index in [2.05, 4.69) is 34.8 Å². The molecule has 2 aliphatic rings. The van der Waals surface area contributed by atoms with E-state index in [1.54, 1.807) is 0 Å². The Kier molecular flexibility index (Phi) is 4.08. The highest BCUT2D eigenvalue weighted by Crippen LogP contribution is 2.40. The fourth-order valence-electron chi connectivity index (χ4n) is 4.68. The lowest BCUT2D eigenvalue weighted by Gasteiger charge is -2.39. The van der Waals surface area contributed by atoms with E-state index >= 15 is 0 Å². The number of carboxylic acid groups (broad SMARTS) is 1. The van der Waals surface area contributed by atoms with Gasteiger partial charge >= 0.3 is 5.97 Å². The van der Waals surface area contributed by atoms with E-state index in [0.29, 0.717) is 11.1 Å². The fraction of sp³-hybridized carbons (Fsp3) is 0.550. The maximum absolute atomic E-state index is 11.7. The summed E-state index contributed by atoms with van der Waals surface area (Å²) in [7, 11) is 2.22. The Balaban J connectivity index is 1.56. The highest BCUT2D eigenvalue weighted by atomic mass is 16.4. The molecule has 5 heteroatoms. The van der Waals surface area contributed by atoms with Crippen LogP contribution in [0.3, 0.4) is 0 Å². The van der Waals surface area contributed by atoms with Crippen LogP contribution in [0.4, 0.5) is 0 Å². The molecule has 2 fully saturated rings. The van der Waals surface area contributed by atoms with Crippen LogP contribution in [-0.4, -0.2) is 59.1 Å². The molecule has 0 saturated carbocycles. The van der Waals surface area contributed by atoms with E-state index in [1.165, 1.54) is 32.4 Å². The van der Waals surface area contributed by atoms with E-state index in [4.69, 9.17) is 0 Å². The molecule has 2 saturated heterocycles. The second-order valence-corrected chi connectivity index (χ2v) is 8.10. The number of aromatic amines is 1. The zero-order valence-electron chi connectivity index (χ0n) is 15.1. The van der Waals surface area contributed by atoms with Crippen molar-refractivity contribution in [1.29, 1.82) is 0 Å².